The van der Waals surface area contributed by atoms with Crippen molar-refractivity contribution >= 4 is 26.9 Å². The first-order valence-electron chi connectivity index (χ1n) is 3.06. The number of hydrogen-bond donors (Lipinski definition) is 1. The van der Waals surface area contributed by atoms with E-state index in [9.17, 15) is 4.55 Å². The fourth-order valence-electron chi connectivity index (χ4n) is 0.746. The van der Waals surface area contributed by atoms with Gasteiger partial charge in [0.1, 0.15) is 0 Å². The smallest absolute Gasteiger partial charge is 0.803 e. The molecule has 0 aliphatic heterocycles. The second-order valence-electron chi connectivity index (χ2n) is 2.38. The SMILES string of the molecule is C=S(=C)([O-])c1cccc(N)c1.[Na+]. The summed E-state index contributed by atoms with van der Waals surface area (Å²) in [5, 5.41) is 0. The molecule has 0 spiro atoms. The van der Waals surface area contributed by atoms with Gasteiger partial charge in [0.05, 0.1) is 0 Å². The van der Waals surface area contributed by atoms with Crippen LogP contribution in [0.5, 0.6) is 0 Å². The van der Waals surface area contributed by atoms with Gasteiger partial charge in [-0.1, -0.05) is 23.9 Å². The fourth-order valence-corrected chi connectivity index (χ4v) is 1.42. The van der Waals surface area contributed by atoms with E-state index >= 15 is 0 Å². The molecule has 0 fully saturated rings. The number of nitrogens with two attached hydrogens (primary N) is 1. The topological polar surface area (TPSA) is 49.1 Å². The molecule has 0 bridgehead atoms. The van der Waals surface area contributed by atoms with Gasteiger partial charge >= 0.3 is 29.6 Å². The van der Waals surface area contributed by atoms with E-state index < -0.39 is 9.49 Å². The van der Waals surface area contributed by atoms with E-state index in [2.05, 4.69) is 11.7 Å². The van der Waals surface area contributed by atoms with Crippen molar-refractivity contribution in [2.24, 2.45) is 0 Å². The molecule has 0 saturated heterocycles. The van der Waals surface area contributed by atoms with Gasteiger partial charge in [-0.25, -0.2) is 0 Å². The van der Waals surface area contributed by atoms with Crippen molar-refractivity contribution in [3.8, 4) is 0 Å². The number of anilines is 1. The summed E-state index contributed by atoms with van der Waals surface area (Å²) < 4.78 is 11.3. The molecule has 4 heteroatoms. The Morgan fingerprint density at radius 1 is 1.33 bits per heavy atom. The van der Waals surface area contributed by atoms with Gasteiger partial charge < -0.3 is 10.3 Å². The van der Waals surface area contributed by atoms with Crippen molar-refractivity contribution in [2.45, 2.75) is 4.90 Å². The Bertz CT molecular complexity index is 359. The summed E-state index contributed by atoms with van der Waals surface area (Å²) >= 11 is 0. The summed E-state index contributed by atoms with van der Waals surface area (Å²) in [5.41, 5.74) is 6.06. The van der Waals surface area contributed by atoms with E-state index in [1.165, 1.54) is 0 Å². The van der Waals surface area contributed by atoms with Crippen molar-refractivity contribution in [2.75, 3.05) is 5.73 Å². The Morgan fingerprint density at radius 2 is 1.92 bits per heavy atom. The summed E-state index contributed by atoms with van der Waals surface area (Å²) in [6, 6.07) is 6.80. The van der Waals surface area contributed by atoms with Crippen LogP contribution in [-0.4, -0.2) is 16.3 Å². The standard InChI is InChI=1S/C8H10NOS.Na/c1-11(2,10)8-5-3-4-7(9)6-8;/h3-6H,1-2,9H2;/q-1;+1. The molecule has 0 heterocycles. The third-order valence-corrected chi connectivity index (χ3v) is 2.40. The molecule has 1 rings (SSSR count). The quantitative estimate of drug-likeness (QED) is 0.331. The molecule has 1 aromatic rings. The molecule has 12 heavy (non-hydrogen) atoms. The third kappa shape index (κ3) is 3.21. The molecule has 60 valence electrons. The van der Waals surface area contributed by atoms with Gasteiger partial charge in [-0.3, -0.25) is 9.49 Å². The van der Waals surface area contributed by atoms with Gasteiger partial charge in [-0.2, -0.15) is 0 Å². The minimum absolute atomic E-state index is 0. The minimum atomic E-state index is -2.36. The van der Waals surface area contributed by atoms with E-state index in [-0.39, 0.29) is 29.6 Å². The number of nitrogen functional groups attached to an aromatic ring is 1. The monoisotopic (exact) mass is 191 g/mol. The summed E-state index contributed by atoms with van der Waals surface area (Å²) in [6.07, 6.45) is 0. The summed E-state index contributed by atoms with van der Waals surface area (Å²) in [6.45, 7) is 0. The fraction of sp³-hybridized carbons (Fsp3) is 0. The predicted molar refractivity (Wildman–Crippen MR) is 51.7 cm³/mol. The molecule has 2 N–H and O–H groups in total. The summed E-state index contributed by atoms with van der Waals surface area (Å²) in [4.78, 5) is 0.595. The van der Waals surface area contributed by atoms with Crippen LogP contribution in [0.1, 0.15) is 0 Å². The first kappa shape index (κ1) is 12.1. The Balaban J connectivity index is 0.00000121. The first-order valence-corrected chi connectivity index (χ1v) is 4.95. The van der Waals surface area contributed by atoms with Crippen LogP contribution in [0.15, 0.2) is 29.2 Å². The molecule has 0 amide bonds. The minimum Gasteiger partial charge on any atom is -0.803 e. The zero-order valence-corrected chi connectivity index (χ0v) is 9.93. The van der Waals surface area contributed by atoms with Crippen LogP contribution in [-0.2, 0) is 0 Å². The van der Waals surface area contributed by atoms with E-state index in [4.69, 9.17) is 5.73 Å². The van der Waals surface area contributed by atoms with Crippen LogP contribution in [0, 0.1) is 0 Å². The van der Waals surface area contributed by atoms with Gasteiger partial charge in [0, 0.05) is 5.69 Å². The summed E-state index contributed by atoms with van der Waals surface area (Å²) in [5.74, 6) is 6.89. The van der Waals surface area contributed by atoms with Crippen LogP contribution in [0.2, 0.25) is 0 Å². The van der Waals surface area contributed by atoms with Crippen LogP contribution < -0.4 is 35.3 Å². The largest absolute Gasteiger partial charge is 1.00 e. The molecule has 0 atom stereocenters. The molecular formula is C8H10NNaOS. The normalized spacial score (nSPS) is 10.4. The van der Waals surface area contributed by atoms with Crippen LogP contribution in [0.4, 0.5) is 5.69 Å². The van der Waals surface area contributed by atoms with Crippen LogP contribution in [0.25, 0.3) is 0 Å². The third-order valence-electron chi connectivity index (χ3n) is 1.29. The van der Waals surface area contributed by atoms with E-state index in [1.54, 1.807) is 24.3 Å². The second-order valence-corrected chi connectivity index (χ2v) is 4.48. The average Bonchev–Trinajstić information content (AvgIpc) is 1.86. The van der Waals surface area contributed by atoms with Gasteiger partial charge in [0.2, 0.25) is 0 Å². The zero-order valence-electron chi connectivity index (χ0n) is 7.12. The molecular weight excluding hydrogens is 181 g/mol. The maximum Gasteiger partial charge on any atom is 1.00 e. The van der Waals surface area contributed by atoms with E-state index in [1.807, 2.05) is 0 Å². The maximum absolute atomic E-state index is 11.3. The van der Waals surface area contributed by atoms with Crippen LogP contribution in [0.3, 0.4) is 0 Å². The molecule has 2 nitrogen and oxygen atoms in total. The Hall–Kier alpha value is 0.0700. The maximum atomic E-state index is 11.3. The molecule has 0 unspecified atom stereocenters. The van der Waals surface area contributed by atoms with Gasteiger partial charge in [0.25, 0.3) is 0 Å². The molecule has 0 radical (unpaired) electrons. The van der Waals surface area contributed by atoms with Crippen molar-refractivity contribution < 1.29 is 34.1 Å². The number of hydrogen-bond acceptors (Lipinski definition) is 2. The van der Waals surface area contributed by atoms with E-state index in [0.717, 1.165) is 0 Å². The summed E-state index contributed by atoms with van der Waals surface area (Å²) in [7, 11) is -2.36. The number of rotatable bonds is 1. The van der Waals surface area contributed by atoms with Crippen LogP contribution >= 0.6 is 9.49 Å². The van der Waals surface area contributed by atoms with Crippen molar-refractivity contribution in [1.82, 2.24) is 0 Å². The second kappa shape index (κ2) is 4.35. The van der Waals surface area contributed by atoms with Gasteiger partial charge in [-0.15, -0.1) is 0 Å². The van der Waals surface area contributed by atoms with Gasteiger partial charge in [0.15, 0.2) is 0 Å². The Kier molecular flexibility index (Phi) is 4.37. The molecule has 0 saturated carbocycles. The Labute approximate surface area is 95.4 Å². The van der Waals surface area contributed by atoms with Crippen molar-refractivity contribution in [3.63, 3.8) is 0 Å². The van der Waals surface area contributed by atoms with Gasteiger partial charge in [-0.05, 0) is 17.0 Å². The molecule has 1 aromatic carbocycles. The average molecular weight is 191 g/mol. The zero-order chi connectivity index (χ0) is 8.48. The van der Waals surface area contributed by atoms with Crippen molar-refractivity contribution in [3.05, 3.63) is 24.3 Å². The molecule has 0 aliphatic rings. The number of benzene rings is 1. The molecule has 0 aromatic heterocycles. The molecule has 0 aliphatic carbocycles. The predicted octanol–water partition coefficient (Wildman–Crippen LogP) is -1.57. The first-order chi connectivity index (χ1) is 5.00. The Morgan fingerprint density at radius 3 is 2.25 bits per heavy atom. The van der Waals surface area contributed by atoms with Crippen molar-refractivity contribution in [1.29, 1.82) is 0 Å². The van der Waals surface area contributed by atoms with E-state index in [0.29, 0.717) is 10.6 Å².